The highest BCUT2D eigenvalue weighted by atomic mass is 16.5. The number of carbonyl (C=O) groups excluding carboxylic acids is 1. The molecule has 3 rings (SSSR count). The van der Waals surface area contributed by atoms with Gasteiger partial charge in [0.05, 0.1) is 48.8 Å². The average Bonchev–Trinajstić information content (AvgIpc) is 2.85. The zero-order chi connectivity index (χ0) is 11.8. The van der Waals surface area contributed by atoms with Gasteiger partial charge in [-0.05, 0) is 18.2 Å². The predicted octanol–water partition coefficient (Wildman–Crippen LogP) is 1.58. The lowest BCUT2D eigenvalue weighted by molar-refractivity contribution is 0.0601. The van der Waals surface area contributed by atoms with Crippen LogP contribution in [0.25, 0.3) is 5.69 Å². The van der Waals surface area contributed by atoms with Gasteiger partial charge in [-0.15, -0.1) is 0 Å². The minimum absolute atomic E-state index is 0.328. The summed E-state index contributed by atoms with van der Waals surface area (Å²) in [6.07, 6.45) is 3.59. The normalized spacial score (nSPS) is 12.3. The highest BCUT2D eigenvalue weighted by Gasteiger charge is 2.16. The molecule has 0 saturated heterocycles. The van der Waals surface area contributed by atoms with Crippen molar-refractivity contribution in [2.45, 2.75) is 6.54 Å². The molecule has 1 N–H and O–H groups in total. The van der Waals surface area contributed by atoms with E-state index in [1.165, 1.54) is 7.11 Å². The summed E-state index contributed by atoms with van der Waals surface area (Å²) in [6, 6.07) is 5.44. The number of anilines is 1. The number of hydrogen-bond donors (Lipinski definition) is 1. The molecule has 0 spiro atoms. The van der Waals surface area contributed by atoms with Crippen LogP contribution in [-0.2, 0) is 11.3 Å². The summed E-state index contributed by atoms with van der Waals surface area (Å²) < 4.78 is 6.70. The molecule has 0 atom stereocenters. The molecule has 0 unspecified atom stereocenters. The molecule has 0 amide bonds. The van der Waals surface area contributed by atoms with Gasteiger partial charge >= 0.3 is 5.97 Å². The van der Waals surface area contributed by atoms with Gasteiger partial charge in [-0.25, -0.2) is 9.78 Å². The van der Waals surface area contributed by atoms with E-state index < -0.39 is 0 Å². The molecule has 5 heteroatoms. The first kappa shape index (κ1) is 9.89. The summed E-state index contributed by atoms with van der Waals surface area (Å²) in [5.74, 6) is -0.328. The molecule has 1 aliphatic rings. The van der Waals surface area contributed by atoms with Gasteiger partial charge in [-0.1, -0.05) is 0 Å². The monoisotopic (exact) mass is 229 g/mol. The Kier molecular flexibility index (Phi) is 2.11. The Labute approximate surface area is 98.0 Å². The molecule has 1 aromatic heterocycles. The van der Waals surface area contributed by atoms with Crippen molar-refractivity contribution in [3.63, 3.8) is 0 Å². The van der Waals surface area contributed by atoms with Crippen LogP contribution in [0.15, 0.2) is 30.7 Å². The molecular formula is C12H11N3O2. The third-order valence-electron chi connectivity index (χ3n) is 2.85. The van der Waals surface area contributed by atoms with Crippen LogP contribution in [0.3, 0.4) is 0 Å². The summed E-state index contributed by atoms with van der Waals surface area (Å²) in [4.78, 5) is 15.5. The highest BCUT2D eigenvalue weighted by Crippen LogP contribution is 2.28. The number of carbonyl (C=O) groups is 1. The molecule has 1 aliphatic heterocycles. The smallest absolute Gasteiger partial charge is 0.337 e. The first-order chi connectivity index (χ1) is 8.29. The summed E-state index contributed by atoms with van der Waals surface area (Å²) in [5.41, 5.74) is 3.56. The lowest BCUT2D eigenvalue weighted by Crippen LogP contribution is -2.15. The Morgan fingerprint density at radius 2 is 2.41 bits per heavy atom. The van der Waals surface area contributed by atoms with E-state index in [0.29, 0.717) is 12.1 Å². The van der Waals surface area contributed by atoms with Crippen molar-refractivity contribution >= 4 is 11.7 Å². The van der Waals surface area contributed by atoms with Gasteiger partial charge in [-0.3, -0.25) is 4.57 Å². The number of aromatic nitrogens is 2. The van der Waals surface area contributed by atoms with Crippen molar-refractivity contribution in [3.05, 3.63) is 42.0 Å². The van der Waals surface area contributed by atoms with E-state index in [4.69, 9.17) is 4.74 Å². The average molecular weight is 229 g/mol. The van der Waals surface area contributed by atoms with Crippen molar-refractivity contribution in [2.24, 2.45) is 0 Å². The summed E-state index contributed by atoms with van der Waals surface area (Å²) in [6.45, 7) is 0.706. The topological polar surface area (TPSA) is 56.1 Å². The van der Waals surface area contributed by atoms with Crippen molar-refractivity contribution in [1.29, 1.82) is 0 Å². The van der Waals surface area contributed by atoms with Crippen LogP contribution in [0.5, 0.6) is 0 Å². The predicted molar refractivity (Wildman–Crippen MR) is 62.2 cm³/mol. The number of esters is 1. The zero-order valence-electron chi connectivity index (χ0n) is 9.30. The van der Waals surface area contributed by atoms with E-state index in [2.05, 4.69) is 10.3 Å². The summed E-state index contributed by atoms with van der Waals surface area (Å²) >= 11 is 0. The van der Waals surface area contributed by atoms with Gasteiger partial charge in [0.15, 0.2) is 0 Å². The van der Waals surface area contributed by atoms with Gasteiger partial charge in [0.1, 0.15) is 0 Å². The summed E-state index contributed by atoms with van der Waals surface area (Å²) in [7, 11) is 1.38. The van der Waals surface area contributed by atoms with E-state index >= 15 is 0 Å². The minimum atomic E-state index is -0.328. The molecule has 17 heavy (non-hydrogen) atoms. The Morgan fingerprint density at radius 1 is 1.53 bits per heavy atom. The lowest BCUT2D eigenvalue weighted by Gasteiger charge is -2.20. The molecule has 86 valence electrons. The number of imidazole rings is 1. The van der Waals surface area contributed by atoms with Gasteiger partial charge in [0.2, 0.25) is 0 Å². The third-order valence-corrected chi connectivity index (χ3v) is 2.85. The first-order valence-electron chi connectivity index (χ1n) is 5.27. The Balaban J connectivity index is 2.10. The Morgan fingerprint density at radius 3 is 3.24 bits per heavy atom. The van der Waals surface area contributed by atoms with Crippen LogP contribution in [0.4, 0.5) is 5.69 Å². The molecule has 0 radical (unpaired) electrons. The number of benzene rings is 1. The van der Waals surface area contributed by atoms with Gasteiger partial charge < -0.3 is 10.1 Å². The Hall–Kier alpha value is -2.30. The lowest BCUT2D eigenvalue weighted by atomic mass is 10.1. The fourth-order valence-electron chi connectivity index (χ4n) is 1.99. The maximum absolute atomic E-state index is 11.4. The van der Waals surface area contributed by atoms with Crippen LogP contribution < -0.4 is 5.32 Å². The first-order valence-corrected chi connectivity index (χ1v) is 5.27. The molecule has 2 aromatic rings. The van der Waals surface area contributed by atoms with E-state index in [1.54, 1.807) is 18.5 Å². The minimum Gasteiger partial charge on any atom is -0.465 e. The third kappa shape index (κ3) is 1.47. The van der Waals surface area contributed by atoms with E-state index in [9.17, 15) is 4.79 Å². The molecule has 0 aliphatic carbocycles. The van der Waals surface area contributed by atoms with Gasteiger partial charge in [0, 0.05) is 0 Å². The molecular weight excluding hydrogens is 218 g/mol. The fraction of sp³-hybridized carbons (Fsp3) is 0.167. The number of nitrogens with zero attached hydrogens (tertiary/aromatic N) is 2. The van der Waals surface area contributed by atoms with Crippen molar-refractivity contribution in [3.8, 4) is 5.69 Å². The largest absolute Gasteiger partial charge is 0.465 e. The number of nitrogens with one attached hydrogen (secondary N) is 1. The number of fused-ring (bicyclic) bond motifs is 3. The van der Waals surface area contributed by atoms with Crippen LogP contribution in [0, 0.1) is 0 Å². The second kappa shape index (κ2) is 3.62. The van der Waals surface area contributed by atoms with Crippen molar-refractivity contribution in [2.75, 3.05) is 12.4 Å². The Bertz CT molecular complexity index is 589. The SMILES string of the molecule is COC(=O)c1ccc2c(c1)NCc1cncn1-2. The molecule has 0 bridgehead atoms. The van der Waals surface area contributed by atoms with E-state index in [0.717, 1.165) is 17.1 Å². The quantitative estimate of drug-likeness (QED) is 0.754. The van der Waals surface area contributed by atoms with Gasteiger partial charge in [0.25, 0.3) is 0 Å². The second-order valence-corrected chi connectivity index (χ2v) is 3.83. The van der Waals surface area contributed by atoms with Crippen LogP contribution in [-0.4, -0.2) is 22.6 Å². The highest BCUT2D eigenvalue weighted by molar-refractivity contribution is 5.91. The number of hydrogen-bond acceptors (Lipinski definition) is 4. The van der Waals surface area contributed by atoms with E-state index in [-0.39, 0.29) is 5.97 Å². The molecule has 5 nitrogen and oxygen atoms in total. The van der Waals surface area contributed by atoms with Crippen LogP contribution in [0.1, 0.15) is 16.1 Å². The van der Waals surface area contributed by atoms with Gasteiger partial charge in [-0.2, -0.15) is 0 Å². The van der Waals surface area contributed by atoms with Crippen molar-refractivity contribution in [1.82, 2.24) is 9.55 Å². The van der Waals surface area contributed by atoms with E-state index in [1.807, 2.05) is 16.8 Å². The molecule has 0 saturated carbocycles. The maximum Gasteiger partial charge on any atom is 0.337 e. The standard InChI is InChI=1S/C12H11N3O2/c1-17-12(16)8-2-3-11-10(4-8)14-6-9-5-13-7-15(9)11/h2-5,7,14H,6H2,1H3. The molecule has 2 heterocycles. The zero-order valence-corrected chi connectivity index (χ0v) is 9.30. The van der Waals surface area contributed by atoms with Crippen molar-refractivity contribution < 1.29 is 9.53 Å². The molecule has 1 aromatic carbocycles. The fourth-order valence-corrected chi connectivity index (χ4v) is 1.99. The number of ether oxygens (including phenoxy) is 1. The summed E-state index contributed by atoms with van der Waals surface area (Å²) in [5, 5.41) is 3.26. The second-order valence-electron chi connectivity index (χ2n) is 3.83. The number of methoxy groups -OCH3 is 1. The maximum atomic E-state index is 11.4. The van der Waals surface area contributed by atoms with Crippen LogP contribution >= 0.6 is 0 Å². The molecule has 0 fully saturated rings. The number of rotatable bonds is 1. The van der Waals surface area contributed by atoms with Crippen LogP contribution in [0.2, 0.25) is 0 Å².